The monoisotopic (exact) mass is 424 g/mol. The van der Waals surface area contributed by atoms with Crippen molar-refractivity contribution in [3.63, 3.8) is 0 Å². The van der Waals surface area contributed by atoms with E-state index in [2.05, 4.69) is 34.9 Å². The molecule has 0 fully saturated rings. The fourth-order valence-corrected chi connectivity index (χ4v) is 3.88. The third-order valence-electron chi connectivity index (χ3n) is 5.46. The van der Waals surface area contributed by atoms with Crippen LogP contribution < -0.4 is 14.2 Å². The third-order valence-corrected chi connectivity index (χ3v) is 5.46. The summed E-state index contributed by atoms with van der Waals surface area (Å²) in [6.07, 6.45) is 0. The van der Waals surface area contributed by atoms with Crippen molar-refractivity contribution in [3.05, 3.63) is 96.8 Å². The summed E-state index contributed by atoms with van der Waals surface area (Å²) in [5, 5.41) is 2.38. The summed E-state index contributed by atoms with van der Waals surface area (Å²) in [7, 11) is 1.64. The first-order chi connectivity index (χ1) is 15.8. The van der Waals surface area contributed by atoms with Crippen LogP contribution in [0.3, 0.4) is 0 Å². The first kappa shape index (κ1) is 19.9. The highest BCUT2D eigenvalue weighted by Gasteiger charge is 2.12. The molecule has 0 unspecified atom stereocenters. The lowest BCUT2D eigenvalue weighted by atomic mass is 10.1. The summed E-state index contributed by atoms with van der Waals surface area (Å²) in [6.45, 7) is 1.53. The topological polar surface area (TPSA) is 45.5 Å². The molecular weight excluding hydrogens is 400 g/mol. The van der Waals surface area contributed by atoms with Crippen LogP contribution in [0.15, 0.2) is 91.0 Å². The second-order valence-corrected chi connectivity index (χ2v) is 7.47. The predicted molar refractivity (Wildman–Crippen MR) is 127 cm³/mol. The number of nitrogens with zero attached hydrogens (tertiary/aromatic N) is 2. The minimum atomic E-state index is 0.338. The van der Waals surface area contributed by atoms with Crippen molar-refractivity contribution < 1.29 is 14.2 Å². The predicted octanol–water partition coefficient (Wildman–Crippen LogP) is 5.86. The van der Waals surface area contributed by atoms with E-state index in [1.165, 1.54) is 10.8 Å². The molecular formula is C27H24N2O3. The van der Waals surface area contributed by atoms with Crippen LogP contribution in [0.2, 0.25) is 0 Å². The molecule has 0 spiro atoms. The molecule has 0 amide bonds. The Hall–Kier alpha value is -3.99. The van der Waals surface area contributed by atoms with Crippen LogP contribution in [0.5, 0.6) is 17.2 Å². The Morgan fingerprint density at radius 1 is 0.750 bits per heavy atom. The second-order valence-electron chi connectivity index (χ2n) is 7.47. The molecule has 0 aliphatic rings. The van der Waals surface area contributed by atoms with Gasteiger partial charge in [0.1, 0.15) is 24.8 Å². The van der Waals surface area contributed by atoms with Gasteiger partial charge < -0.3 is 18.8 Å². The van der Waals surface area contributed by atoms with Gasteiger partial charge in [0, 0.05) is 0 Å². The highest BCUT2D eigenvalue weighted by molar-refractivity contribution is 5.83. The Morgan fingerprint density at radius 3 is 2.38 bits per heavy atom. The van der Waals surface area contributed by atoms with Crippen molar-refractivity contribution in [2.24, 2.45) is 0 Å². The smallest absolute Gasteiger partial charge is 0.161 e. The van der Waals surface area contributed by atoms with Crippen LogP contribution in [-0.2, 0) is 13.2 Å². The summed E-state index contributed by atoms with van der Waals surface area (Å²) in [5.41, 5.74) is 2.00. The lowest BCUT2D eigenvalue weighted by Gasteiger charge is -2.13. The maximum atomic E-state index is 6.08. The molecule has 0 atom stereocenters. The maximum absolute atomic E-state index is 6.08. The van der Waals surface area contributed by atoms with Crippen LogP contribution >= 0.6 is 0 Å². The first-order valence-electron chi connectivity index (χ1n) is 10.6. The first-order valence-corrected chi connectivity index (χ1v) is 10.6. The second kappa shape index (κ2) is 9.02. The molecule has 1 heterocycles. The van der Waals surface area contributed by atoms with Crippen LogP contribution in [0.1, 0.15) is 5.82 Å². The van der Waals surface area contributed by atoms with Gasteiger partial charge in [-0.05, 0) is 47.2 Å². The molecule has 0 aliphatic carbocycles. The van der Waals surface area contributed by atoms with Crippen LogP contribution in [0.25, 0.3) is 21.8 Å². The van der Waals surface area contributed by atoms with Gasteiger partial charge in [-0.1, -0.05) is 54.6 Å². The average Bonchev–Trinajstić information content (AvgIpc) is 3.20. The number of para-hydroxylation sites is 4. The lowest BCUT2D eigenvalue weighted by molar-refractivity contribution is 0.262. The molecule has 4 aromatic carbocycles. The molecule has 1 aromatic heterocycles. The number of hydrogen-bond acceptors (Lipinski definition) is 4. The third kappa shape index (κ3) is 4.10. The van der Waals surface area contributed by atoms with Gasteiger partial charge in [0.25, 0.3) is 0 Å². The lowest BCUT2D eigenvalue weighted by Crippen LogP contribution is -2.13. The Bertz CT molecular complexity index is 1360. The van der Waals surface area contributed by atoms with Crippen LogP contribution in [0, 0.1) is 0 Å². The highest BCUT2D eigenvalue weighted by Crippen LogP contribution is 2.27. The van der Waals surface area contributed by atoms with Gasteiger partial charge in [-0.25, -0.2) is 4.98 Å². The summed E-state index contributed by atoms with van der Waals surface area (Å²) in [5.74, 6) is 3.11. The van der Waals surface area contributed by atoms with E-state index >= 15 is 0 Å². The largest absolute Gasteiger partial charge is 0.493 e. The van der Waals surface area contributed by atoms with Gasteiger partial charge in [-0.15, -0.1) is 0 Å². The van der Waals surface area contributed by atoms with E-state index in [4.69, 9.17) is 19.2 Å². The molecule has 0 radical (unpaired) electrons. The molecule has 5 aromatic rings. The van der Waals surface area contributed by atoms with Gasteiger partial charge in [0.15, 0.2) is 11.5 Å². The number of aromatic nitrogens is 2. The average molecular weight is 425 g/mol. The summed E-state index contributed by atoms with van der Waals surface area (Å²) >= 11 is 0. The molecule has 5 heteroatoms. The number of imidazole rings is 1. The molecule has 160 valence electrons. The van der Waals surface area contributed by atoms with Gasteiger partial charge in [-0.3, -0.25) is 0 Å². The maximum Gasteiger partial charge on any atom is 0.161 e. The quantitative estimate of drug-likeness (QED) is 0.313. The van der Waals surface area contributed by atoms with Crippen molar-refractivity contribution in [3.8, 4) is 17.2 Å². The number of ether oxygens (including phenoxy) is 3. The summed E-state index contributed by atoms with van der Waals surface area (Å²) < 4.78 is 19.7. The molecule has 32 heavy (non-hydrogen) atoms. The SMILES string of the molecule is COc1ccccc1OCc1nc2ccccc2n1CCOc1ccc2ccccc2c1. The number of hydrogen-bond donors (Lipinski definition) is 0. The summed E-state index contributed by atoms with van der Waals surface area (Å²) in [6, 6.07) is 30.2. The zero-order valence-corrected chi connectivity index (χ0v) is 17.9. The number of rotatable bonds is 8. The standard InChI is InChI=1S/C27H24N2O3/c1-30-25-12-6-7-13-26(25)32-19-27-28-23-10-4-5-11-24(23)29(27)16-17-31-22-15-14-20-8-2-3-9-21(20)18-22/h2-15,18H,16-17,19H2,1H3. The fraction of sp³-hybridized carbons (Fsp3) is 0.148. The summed E-state index contributed by atoms with van der Waals surface area (Å²) in [4.78, 5) is 4.79. The zero-order valence-electron chi connectivity index (χ0n) is 17.9. The Labute approximate surface area is 186 Å². The van der Waals surface area contributed by atoms with Crippen LogP contribution in [0.4, 0.5) is 0 Å². The molecule has 0 N–H and O–H groups in total. The van der Waals surface area contributed by atoms with E-state index in [0.717, 1.165) is 22.6 Å². The van der Waals surface area contributed by atoms with E-state index in [1.807, 2.05) is 60.7 Å². The number of benzene rings is 4. The van der Waals surface area contributed by atoms with Crippen molar-refractivity contribution in [1.82, 2.24) is 9.55 Å². The normalized spacial score (nSPS) is 11.0. The van der Waals surface area contributed by atoms with E-state index in [-0.39, 0.29) is 0 Å². The fourth-order valence-electron chi connectivity index (χ4n) is 3.88. The van der Waals surface area contributed by atoms with Crippen molar-refractivity contribution >= 4 is 21.8 Å². The number of methoxy groups -OCH3 is 1. The van der Waals surface area contributed by atoms with Crippen LogP contribution in [-0.4, -0.2) is 23.3 Å². The Morgan fingerprint density at radius 2 is 1.50 bits per heavy atom. The molecule has 0 saturated heterocycles. The molecule has 0 aliphatic heterocycles. The number of fused-ring (bicyclic) bond motifs is 2. The molecule has 5 rings (SSSR count). The van der Waals surface area contributed by atoms with Gasteiger partial charge in [0.05, 0.1) is 24.7 Å². The van der Waals surface area contributed by atoms with Gasteiger partial charge >= 0.3 is 0 Å². The van der Waals surface area contributed by atoms with E-state index in [1.54, 1.807) is 7.11 Å². The van der Waals surface area contributed by atoms with E-state index in [9.17, 15) is 0 Å². The van der Waals surface area contributed by atoms with E-state index in [0.29, 0.717) is 31.3 Å². The minimum Gasteiger partial charge on any atom is -0.493 e. The molecule has 5 nitrogen and oxygen atoms in total. The van der Waals surface area contributed by atoms with E-state index < -0.39 is 0 Å². The highest BCUT2D eigenvalue weighted by atomic mass is 16.5. The van der Waals surface area contributed by atoms with Crippen molar-refractivity contribution in [1.29, 1.82) is 0 Å². The van der Waals surface area contributed by atoms with Gasteiger partial charge in [-0.2, -0.15) is 0 Å². The minimum absolute atomic E-state index is 0.338. The molecule has 0 saturated carbocycles. The molecule has 0 bridgehead atoms. The van der Waals surface area contributed by atoms with Gasteiger partial charge in [0.2, 0.25) is 0 Å². The Balaban J connectivity index is 1.34. The Kier molecular flexibility index (Phi) is 5.62. The van der Waals surface area contributed by atoms with Crippen molar-refractivity contribution in [2.45, 2.75) is 13.2 Å². The zero-order chi connectivity index (χ0) is 21.8. The van der Waals surface area contributed by atoms with Crippen molar-refractivity contribution in [2.75, 3.05) is 13.7 Å².